The highest BCUT2D eigenvalue weighted by Gasteiger charge is 2.15. The van der Waals surface area contributed by atoms with Crippen LogP contribution in [-0.4, -0.2) is 38.8 Å². The molecule has 2 N–H and O–H groups in total. The number of hydrogen-bond donors (Lipinski definition) is 2. The van der Waals surface area contributed by atoms with Crippen LogP contribution in [0.25, 0.3) is 0 Å². The average molecular weight is 279 g/mol. The quantitative estimate of drug-likeness (QED) is 0.632. The minimum atomic E-state index is 0. The molecule has 18 heavy (non-hydrogen) atoms. The van der Waals surface area contributed by atoms with E-state index in [4.69, 9.17) is 4.74 Å². The number of hydrogen-bond acceptors (Lipinski definition) is 3. The van der Waals surface area contributed by atoms with Crippen LogP contribution in [0.2, 0.25) is 0 Å². The predicted octanol–water partition coefficient (Wildman–Crippen LogP) is 1.73. The fourth-order valence-corrected chi connectivity index (χ4v) is 2.09. The van der Waals surface area contributed by atoms with Crippen molar-refractivity contribution in [1.29, 1.82) is 0 Å². The lowest BCUT2D eigenvalue weighted by Gasteiger charge is -2.08. The zero-order valence-corrected chi connectivity index (χ0v) is 12.2. The first-order valence-electron chi connectivity index (χ1n) is 6.88. The molecule has 1 unspecified atom stereocenters. The summed E-state index contributed by atoms with van der Waals surface area (Å²) < 4.78 is 5.24. The summed E-state index contributed by atoms with van der Waals surface area (Å²) in [4.78, 5) is 11.5. The van der Waals surface area contributed by atoms with Gasteiger partial charge in [-0.05, 0) is 51.6 Å². The van der Waals surface area contributed by atoms with Crippen LogP contribution in [0, 0.1) is 5.92 Å². The smallest absolute Gasteiger partial charge is 0.220 e. The molecule has 1 aliphatic heterocycles. The van der Waals surface area contributed by atoms with Gasteiger partial charge in [0.2, 0.25) is 5.91 Å². The number of rotatable bonds is 9. The highest BCUT2D eigenvalue weighted by Crippen LogP contribution is 2.13. The Labute approximate surface area is 117 Å². The molecule has 0 bridgehead atoms. The third-order valence-corrected chi connectivity index (χ3v) is 3.18. The Morgan fingerprint density at radius 1 is 1.44 bits per heavy atom. The second-order valence-electron chi connectivity index (χ2n) is 4.65. The van der Waals surface area contributed by atoms with Crippen molar-refractivity contribution in [1.82, 2.24) is 10.6 Å². The van der Waals surface area contributed by atoms with E-state index in [0.29, 0.717) is 12.3 Å². The van der Waals surface area contributed by atoms with E-state index in [1.807, 2.05) is 6.92 Å². The Balaban J connectivity index is 0.00000289. The summed E-state index contributed by atoms with van der Waals surface area (Å²) in [7, 11) is 0. The number of unbranched alkanes of at least 4 members (excludes halogenated alkanes) is 1. The monoisotopic (exact) mass is 278 g/mol. The van der Waals surface area contributed by atoms with Crippen LogP contribution in [0.15, 0.2) is 0 Å². The Bertz CT molecular complexity index is 209. The number of carbonyl (C=O) groups is 1. The maximum absolute atomic E-state index is 11.5. The summed E-state index contributed by atoms with van der Waals surface area (Å²) in [6.45, 7) is 6.57. The van der Waals surface area contributed by atoms with E-state index >= 15 is 0 Å². The van der Waals surface area contributed by atoms with E-state index in [1.165, 1.54) is 6.42 Å². The number of nitrogens with one attached hydrogen (secondary N) is 2. The molecule has 0 spiro atoms. The van der Waals surface area contributed by atoms with Gasteiger partial charge in [-0.15, -0.1) is 12.4 Å². The summed E-state index contributed by atoms with van der Waals surface area (Å²) in [6.07, 6.45) is 4.97. The predicted molar refractivity (Wildman–Crippen MR) is 76.2 cm³/mol. The molecule has 1 aliphatic rings. The van der Waals surface area contributed by atoms with Crippen molar-refractivity contribution in [2.24, 2.45) is 5.92 Å². The second-order valence-corrected chi connectivity index (χ2v) is 4.65. The van der Waals surface area contributed by atoms with E-state index in [-0.39, 0.29) is 18.3 Å². The van der Waals surface area contributed by atoms with Gasteiger partial charge in [0, 0.05) is 26.2 Å². The summed E-state index contributed by atoms with van der Waals surface area (Å²) in [5.41, 5.74) is 0. The van der Waals surface area contributed by atoms with Gasteiger partial charge in [-0.25, -0.2) is 0 Å². The molecule has 0 saturated carbocycles. The molecule has 0 aliphatic carbocycles. The van der Waals surface area contributed by atoms with Crippen LogP contribution >= 0.6 is 12.4 Å². The maximum Gasteiger partial charge on any atom is 0.220 e. The molecular formula is C13H27ClN2O2. The molecule has 1 heterocycles. The lowest BCUT2D eigenvalue weighted by Crippen LogP contribution is -2.25. The highest BCUT2D eigenvalue weighted by atomic mass is 35.5. The van der Waals surface area contributed by atoms with Crippen molar-refractivity contribution < 1.29 is 9.53 Å². The first-order chi connectivity index (χ1) is 8.33. The third-order valence-electron chi connectivity index (χ3n) is 3.18. The van der Waals surface area contributed by atoms with Gasteiger partial charge >= 0.3 is 0 Å². The van der Waals surface area contributed by atoms with Gasteiger partial charge in [0.25, 0.3) is 0 Å². The van der Waals surface area contributed by atoms with Crippen molar-refractivity contribution in [3.63, 3.8) is 0 Å². The molecule has 4 nitrogen and oxygen atoms in total. The van der Waals surface area contributed by atoms with Crippen molar-refractivity contribution in [2.45, 2.75) is 39.0 Å². The molecule has 5 heteroatoms. The first kappa shape index (κ1) is 17.7. The number of ether oxygens (including phenoxy) is 1. The summed E-state index contributed by atoms with van der Waals surface area (Å²) >= 11 is 0. The maximum atomic E-state index is 11.5. The lowest BCUT2D eigenvalue weighted by molar-refractivity contribution is -0.121. The van der Waals surface area contributed by atoms with Gasteiger partial charge < -0.3 is 15.4 Å². The van der Waals surface area contributed by atoms with Crippen LogP contribution in [0.4, 0.5) is 0 Å². The minimum Gasteiger partial charge on any atom is -0.382 e. The Hall–Kier alpha value is -0.320. The van der Waals surface area contributed by atoms with Crippen LogP contribution in [0.3, 0.4) is 0 Å². The SMILES string of the molecule is CCOCCCCNC(=O)CCC1CCNC1.Cl. The van der Waals surface area contributed by atoms with E-state index in [2.05, 4.69) is 10.6 Å². The fourth-order valence-electron chi connectivity index (χ4n) is 2.09. The minimum absolute atomic E-state index is 0. The fraction of sp³-hybridized carbons (Fsp3) is 0.923. The van der Waals surface area contributed by atoms with Gasteiger partial charge in [0.1, 0.15) is 0 Å². The summed E-state index contributed by atoms with van der Waals surface area (Å²) in [5, 5.41) is 6.29. The number of carbonyl (C=O) groups excluding carboxylic acids is 1. The Morgan fingerprint density at radius 3 is 2.94 bits per heavy atom. The van der Waals surface area contributed by atoms with Gasteiger partial charge in [-0.1, -0.05) is 0 Å². The van der Waals surface area contributed by atoms with Gasteiger partial charge in [0.15, 0.2) is 0 Å². The normalized spacial score (nSPS) is 18.4. The van der Waals surface area contributed by atoms with Crippen LogP contribution in [0.5, 0.6) is 0 Å². The Morgan fingerprint density at radius 2 is 2.28 bits per heavy atom. The molecule has 1 saturated heterocycles. The Kier molecular flexibility index (Phi) is 11.5. The van der Waals surface area contributed by atoms with Crippen LogP contribution in [-0.2, 0) is 9.53 Å². The molecule has 1 amide bonds. The average Bonchev–Trinajstić information content (AvgIpc) is 2.84. The van der Waals surface area contributed by atoms with Crippen LogP contribution in [0.1, 0.15) is 39.0 Å². The van der Waals surface area contributed by atoms with E-state index < -0.39 is 0 Å². The molecular weight excluding hydrogens is 252 g/mol. The van der Waals surface area contributed by atoms with Crippen molar-refractivity contribution >= 4 is 18.3 Å². The largest absolute Gasteiger partial charge is 0.382 e. The van der Waals surface area contributed by atoms with Gasteiger partial charge in [-0.3, -0.25) is 4.79 Å². The van der Waals surface area contributed by atoms with E-state index in [0.717, 1.165) is 52.1 Å². The topological polar surface area (TPSA) is 50.4 Å². The zero-order valence-electron chi connectivity index (χ0n) is 11.4. The number of halogens is 1. The first-order valence-corrected chi connectivity index (χ1v) is 6.88. The van der Waals surface area contributed by atoms with Crippen molar-refractivity contribution in [3.05, 3.63) is 0 Å². The molecule has 1 rings (SSSR count). The summed E-state index contributed by atoms with van der Waals surface area (Å²) in [5.74, 6) is 0.909. The molecule has 0 aromatic heterocycles. The molecule has 1 atom stereocenters. The molecule has 1 fully saturated rings. The molecule has 0 aromatic carbocycles. The van der Waals surface area contributed by atoms with Crippen molar-refractivity contribution in [3.8, 4) is 0 Å². The molecule has 0 aromatic rings. The second kappa shape index (κ2) is 11.8. The van der Waals surface area contributed by atoms with Gasteiger partial charge in [-0.2, -0.15) is 0 Å². The molecule has 108 valence electrons. The third kappa shape index (κ3) is 8.72. The summed E-state index contributed by atoms with van der Waals surface area (Å²) in [6, 6.07) is 0. The zero-order chi connectivity index (χ0) is 12.3. The molecule has 0 radical (unpaired) electrons. The van der Waals surface area contributed by atoms with Crippen molar-refractivity contribution in [2.75, 3.05) is 32.8 Å². The van der Waals surface area contributed by atoms with E-state index in [1.54, 1.807) is 0 Å². The van der Waals surface area contributed by atoms with E-state index in [9.17, 15) is 4.79 Å². The standard InChI is InChI=1S/C13H26N2O2.ClH/c1-2-17-10-4-3-8-15-13(16)6-5-12-7-9-14-11-12;/h12,14H,2-11H2,1H3,(H,15,16);1H. The van der Waals surface area contributed by atoms with Gasteiger partial charge in [0.05, 0.1) is 0 Å². The van der Waals surface area contributed by atoms with Crippen LogP contribution < -0.4 is 10.6 Å². The number of amides is 1. The lowest BCUT2D eigenvalue weighted by atomic mass is 10.0. The highest BCUT2D eigenvalue weighted by molar-refractivity contribution is 5.85.